The fourth-order valence-electron chi connectivity index (χ4n) is 2.79. The maximum atomic E-state index is 12.2. The van der Waals surface area contributed by atoms with Crippen molar-refractivity contribution in [2.24, 2.45) is 0 Å². The normalized spacial score (nSPS) is 14.4. The van der Waals surface area contributed by atoms with Crippen molar-refractivity contribution in [1.82, 2.24) is 0 Å². The van der Waals surface area contributed by atoms with E-state index in [2.05, 4.69) is 10.2 Å². The molecule has 0 saturated carbocycles. The number of nitrogens with one attached hydrogen (secondary N) is 1. The van der Waals surface area contributed by atoms with Gasteiger partial charge in [-0.15, -0.1) is 0 Å². The van der Waals surface area contributed by atoms with E-state index in [-0.39, 0.29) is 5.91 Å². The number of ether oxygens (including phenoxy) is 1. The van der Waals surface area contributed by atoms with Gasteiger partial charge in [-0.25, -0.2) is 0 Å². The molecule has 2 aromatic carbocycles. The van der Waals surface area contributed by atoms with Gasteiger partial charge in [-0.05, 0) is 42.3 Å². The van der Waals surface area contributed by atoms with Gasteiger partial charge >= 0.3 is 0 Å². The molecule has 1 amide bonds. The third-order valence-electron chi connectivity index (χ3n) is 4.18. The average Bonchev–Trinajstić information content (AvgIpc) is 2.64. The first-order valence-electron chi connectivity index (χ1n) is 8.29. The Labute approximate surface area is 157 Å². The Bertz CT molecular complexity index is 729. The lowest BCUT2D eigenvalue weighted by atomic mass is 10.1. The highest BCUT2D eigenvalue weighted by Gasteiger charge is 2.11. The van der Waals surface area contributed by atoms with Gasteiger partial charge < -0.3 is 15.0 Å². The summed E-state index contributed by atoms with van der Waals surface area (Å²) in [6, 6.07) is 13.4. The number of rotatable bonds is 5. The Morgan fingerprint density at radius 3 is 2.52 bits per heavy atom. The van der Waals surface area contributed by atoms with Crippen LogP contribution in [-0.4, -0.2) is 32.2 Å². The van der Waals surface area contributed by atoms with Crippen molar-refractivity contribution in [3.05, 3.63) is 58.1 Å². The maximum Gasteiger partial charge on any atom is 0.224 e. The van der Waals surface area contributed by atoms with Crippen LogP contribution < -0.4 is 10.2 Å². The van der Waals surface area contributed by atoms with E-state index in [9.17, 15) is 4.79 Å². The maximum absolute atomic E-state index is 12.2. The molecule has 0 aliphatic carbocycles. The van der Waals surface area contributed by atoms with Crippen molar-refractivity contribution in [2.75, 3.05) is 36.5 Å². The van der Waals surface area contributed by atoms with Crippen LogP contribution >= 0.6 is 23.2 Å². The zero-order valence-corrected chi connectivity index (χ0v) is 15.3. The number of hydrogen-bond acceptors (Lipinski definition) is 3. The Kier molecular flexibility index (Phi) is 6.19. The molecular weight excluding hydrogens is 359 g/mol. The SMILES string of the molecule is O=C(CCc1cccc(Cl)c1Cl)Nc1ccc(N2CCOCC2)cc1. The van der Waals surface area contributed by atoms with E-state index in [0.29, 0.717) is 22.9 Å². The van der Waals surface area contributed by atoms with Crippen molar-refractivity contribution < 1.29 is 9.53 Å². The highest BCUT2D eigenvalue weighted by Crippen LogP contribution is 2.26. The van der Waals surface area contributed by atoms with Gasteiger partial charge in [0.1, 0.15) is 0 Å². The van der Waals surface area contributed by atoms with Crippen LogP contribution in [0, 0.1) is 0 Å². The summed E-state index contributed by atoms with van der Waals surface area (Å²) in [5, 5.41) is 3.95. The van der Waals surface area contributed by atoms with Crippen molar-refractivity contribution in [1.29, 1.82) is 0 Å². The molecule has 2 aromatic rings. The summed E-state index contributed by atoms with van der Waals surface area (Å²) in [5.41, 5.74) is 2.82. The summed E-state index contributed by atoms with van der Waals surface area (Å²) in [6.07, 6.45) is 0.905. The number of nitrogens with zero attached hydrogens (tertiary/aromatic N) is 1. The van der Waals surface area contributed by atoms with Crippen molar-refractivity contribution in [3.63, 3.8) is 0 Å². The van der Waals surface area contributed by atoms with Crippen LogP contribution in [0.4, 0.5) is 11.4 Å². The smallest absolute Gasteiger partial charge is 0.224 e. The standard InChI is InChI=1S/C19H20Cl2N2O2/c20-17-3-1-2-14(19(17)21)4-9-18(24)22-15-5-7-16(8-6-15)23-10-12-25-13-11-23/h1-3,5-8H,4,9-13H2,(H,22,24). The van der Waals surface area contributed by atoms with Crippen molar-refractivity contribution in [3.8, 4) is 0 Å². The number of hydrogen-bond donors (Lipinski definition) is 1. The Morgan fingerprint density at radius 1 is 1.08 bits per heavy atom. The highest BCUT2D eigenvalue weighted by atomic mass is 35.5. The van der Waals surface area contributed by atoms with E-state index in [1.807, 2.05) is 36.4 Å². The van der Waals surface area contributed by atoms with E-state index in [4.69, 9.17) is 27.9 Å². The van der Waals surface area contributed by atoms with Gasteiger partial charge in [-0.2, -0.15) is 0 Å². The van der Waals surface area contributed by atoms with Crippen LogP contribution in [0.1, 0.15) is 12.0 Å². The summed E-state index contributed by atoms with van der Waals surface area (Å²) in [6.45, 7) is 3.30. The Balaban J connectivity index is 1.53. The number of halogens is 2. The van der Waals surface area contributed by atoms with Gasteiger partial charge in [0.2, 0.25) is 5.91 Å². The lowest BCUT2D eigenvalue weighted by molar-refractivity contribution is -0.116. The molecule has 1 aliphatic rings. The van der Waals surface area contributed by atoms with Gasteiger partial charge in [-0.3, -0.25) is 4.79 Å². The number of morpholine rings is 1. The molecular formula is C19H20Cl2N2O2. The molecule has 1 saturated heterocycles. The number of aryl methyl sites for hydroxylation is 1. The third-order valence-corrected chi connectivity index (χ3v) is 5.04. The third kappa shape index (κ3) is 4.88. The molecule has 1 fully saturated rings. The second-order valence-corrected chi connectivity index (χ2v) is 6.69. The summed E-state index contributed by atoms with van der Waals surface area (Å²) < 4.78 is 5.36. The molecule has 4 nitrogen and oxygen atoms in total. The summed E-state index contributed by atoms with van der Waals surface area (Å²) in [7, 11) is 0. The summed E-state index contributed by atoms with van der Waals surface area (Å²) >= 11 is 12.1. The molecule has 0 aromatic heterocycles. The van der Waals surface area contributed by atoms with Gasteiger partial charge in [0.15, 0.2) is 0 Å². The minimum absolute atomic E-state index is 0.0461. The van der Waals surface area contributed by atoms with Crippen LogP contribution in [-0.2, 0) is 16.0 Å². The lowest BCUT2D eigenvalue weighted by Gasteiger charge is -2.28. The summed E-state index contributed by atoms with van der Waals surface area (Å²) in [4.78, 5) is 14.4. The molecule has 6 heteroatoms. The number of carbonyl (C=O) groups excluding carboxylic acids is 1. The fourth-order valence-corrected chi connectivity index (χ4v) is 3.20. The van der Waals surface area contributed by atoms with Gasteiger partial charge in [-0.1, -0.05) is 35.3 Å². The zero-order valence-electron chi connectivity index (χ0n) is 13.8. The molecule has 132 valence electrons. The highest BCUT2D eigenvalue weighted by molar-refractivity contribution is 6.42. The number of anilines is 2. The molecule has 3 rings (SSSR count). The monoisotopic (exact) mass is 378 g/mol. The van der Waals surface area contributed by atoms with E-state index in [0.717, 1.165) is 43.2 Å². The van der Waals surface area contributed by atoms with Crippen LogP contribution in [0.5, 0.6) is 0 Å². The minimum Gasteiger partial charge on any atom is -0.378 e. The second-order valence-electron chi connectivity index (χ2n) is 5.91. The molecule has 0 radical (unpaired) electrons. The molecule has 1 heterocycles. The van der Waals surface area contributed by atoms with Crippen LogP contribution in [0.15, 0.2) is 42.5 Å². The largest absolute Gasteiger partial charge is 0.378 e. The number of benzene rings is 2. The Hall–Kier alpha value is -1.75. The first-order valence-corrected chi connectivity index (χ1v) is 9.04. The minimum atomic E-state index is -0.0461. The first-order chi connectivity index (χ1) is 12.1. The van der Waals surface area contributed by atoms with Gasteiger partial charge in [0, 0.05) is 30.9 Å². The van der Waals surface area contributed by atoms with Crippen LogP contribution in [0.3, 0.4) is 0 Å². The second kappa shape index (κ2) is 8.56. The van der Waals surface area contributed by atoms with E-state index >= 15 is 0 Å². The van der Waals surface area contributed by atoms with Crippen LogP contribution in [0.25, 0.3) is 0 Å². The molecule has 0 unspecified atom stereocenters. The first kappa shape index (κ1) is 18.1. The molecule has 0 spiro atoms. The predicted octanol–water partition coefficient (Wildman–Crippen LogP) is 4.40. The molecule has 25 heavy (non-hydrogen) atoms. The predicted molar refractivity (Wildman–Crippen MR) is 103 cm³/mol. The van der Waals surface area contributed by atoms with Crippen molar-refractivity contribution in [2.45, 2.75) is 12.8 Å². The average molecular weight is 379 g/mol. The van der Waals surface area contributed by atoms with E-state index in [1.54, 1.807) is 6.07 Å². The molecule has 0 atom stereocenters. The molecule has 1 N–H and O–H groups in total. The summed E-state index contributed by atoms with van der Waals surface area (Å²) in [5.74, 6) is -0.0461. The zero-order chi connectivity index (χ0) is 17.6. The number of carbonyl (C=O) groups is 1. The quantitative estimate of drug-likeness (QED) is 0.837. The molecule has 0 bridgehead atoms. The topological polar surface area (TPSA) is 41.6 Å². The van der Waals surface area contributed by atoms with E-state index < -0.39 is 0 Å². The van der Waals surface area contributed by atoms with Crippen LogP contribution in [0.2, 0.25) is 10.0 Å². The van der Waals surface area contributed by atoms with E-state index in [1.165, 1.54) is 0 Å². The lowest BCUT2D eigenvalue weighted by Crippen LogP contribution is -2.36. The molecule has 1 aliphatic heterocycles. The fraction of sp³-hybridized carbons (Fsp3) is 0.316. The Morgan fingerprint density at radius 2 is 1.80 bits per heavy atom. The van der Waals surface area contributed by atoms with Crippen molar-refractivity contribution >= 4 is 40.5 Å². The number of amides is 1. The van der Waals surface area contributed by atoms with Gasteiger partial charge in [0.05, 0.1) is 23.3 Å². The van der Waals surface area contributed by atoms with Gasteiger partial charge in [0.25, 0.3) is 0 Å².